The molecule has 0 aromatic carbocycles. The minimum atomic E-state index is 0.0388. The molecule has 1 N–H and O–H groups in total. The summed E-state index contributed by atoms with van der Waals surface area (Å²) in [5.74, 6) is 1.55. The number of hydrogen-bond donors (Lipinski definition) is 1. The van der Waals surface area contributed by atoms with E-state index in [1.165, 1.54) is 19.4 Å². The van der Waals surface area contributed by atoms with Crippen molar-refractivity contribution in [2.75, 3.05) is 24.5 Å². The van der Waals surface area contributed by atoms with Crippen LogP contribution in [-0.2, 0) is 0 Å². The van der Waals surface area contributed by atoms with E-state index in [2.05, 4.69) is 15.2 Å². The van der Waals surface area contributed by atoms with Crippen molar-refractivity contribution in [3.8, 4) is 0 Å². The lowest BCUT2D eigenvalue weighted by atomic mass is 10.0. The molecular weight excluding hydrogens is 264 g/mol. The SMILES string of the molecule is CC(C)n1ccnc(N2CCC(NCC3CC3)CC2)c1=O. The predicted molar refractivity (Wildman–Crippen MR) is 84.8 cm³/mol. The van der Waals surface area contributed by atoms with Crippen molar-refractivity contribution in [2.24, 2.45) is 5.92 Å². The monoisotopic (exact) mass is 290 g/mol. The Morgan fingerprint density at radius 2 is 2.00 bits per heavy atom. The highest BCUT2D eigenvalue weighted by Crippen LogP contribution is 2.28. The molecule has 0 bridgehead atoms. The molecule has 0 amide bonds. The summed E-state index contributed by atoms with van der Waals surface area (Å²) in [4.78, 5) is 18.9. The summed E-state index contributed by atoms with van der Waals surface area (Å²) >= 11 is 0. The highest BCUT2D eigenvalue weighted by atomic mass is 16.1. The molecule has 1 saturated heterocycles. The molecule has 1 aromatic heterocycles. The molecule has 5 heteroatoms. The van der Waals surface area contributed by atoms with Gasteiger partial charge >= 0.3 is 0 Å². The first-order valence-electron chi connectivity index (χ1n) is 8.20. The highest BCUT2D eigenvalue weighted by molar-refractivity contribution is 5.36. The summed E-state index contributed by atoms with van der Waals surface area (Å²) in [6, 6.07) is 0.787. The van der Waals surface area contributed by atoms with Crippen molar-refractivity contribution in [3.63, 3.8) is 0 Å². The van der Waals surface area contributed by atoms with Gasteiger partial charge in [-0.15, -0.1) is 0 Å². The van der Waals surface area contributed by atoms with Gasteiger partial charge in [0.05, 0.1) is 0 Å². The Hall–Kier alpha value is -1.36. The van der Waals surface area contributed by atoms with E-state index in [0.717, 1.165) is 31.8 Å². The zero-order chi connectivity index (χ0) is 14.8. The van der Waals surface area contributed by atoms with Crippen LogP contribution < -0.4 is 15.8 Å². The molecule has 0 unspecified atom stereocenters. The van der Waals surface area contributed by atoms with Gasteiger partial charge in [-0.05, 0) is 52.0 Å². The number of anilines is 1. The van der Waals surface area contributed by atoms with Gasteiger partial charge in [-0.3, -0.25) is 4.79 Å². The fraction of sp³-hybridized carbons (Fsp3) is 0.750. The van der Waals surface area contributed by atoms with E-state index in [0.29, 0.717) is 11.9 Å². The lowest BCUT2D eigenvalue weighted by molar-refractivity contribution is 0.406. The molecule has 1 aliphatic carbocycles. The van der Waals surface area contributed by atoms with E-state index in [-0.39, 0.29) is 11.6 Å². The van der Waals surface area contributed by atoms with Crippen LogP contribution in [0, 0.1) is 5.92 Å². The third-order valence-electron chi connectivity index (χ3n) is 4.59. The number of aromatic nitrogens is 2. The van der Waals surface area contributed by atoms with Crippen LogP contribution in [0.4, 0.5) is 5.82 Å². The molecule has 1 aliphatic heterocycles. The Balaban J connectivity index is 1.61. The van der Waals surface area contributed by atoms with Gasteiger partial charge in [0.1, 0.15) is 0 Å². The predicted octanol–water partition coefficient (Wildman–Crippen LogP) is 1.79. The fourth-order valence-corrected chi connectivity index (χ4v) is 2.99. The number of nitrogens with zero attached hydrogens (tertiary/aromatic N) is 3. The van der Waals surface area contributed by atoms with Crippen molar-refractivity contribution in [1.29, 1.82) is 0 Å². The average Bonchev–Trinajstić information content (AvgIpc) is 3.30. The molecule has 1 aromatic rings. The van der Waals surface area contributed by atoms with E-state index in [1.807, 2.05) is 13.8 Å². The molecule has 3 rings (SSSR count). The Morgan fingerprint density at radius 1 is 1.29 bits per heavy atom. The van der Waals surface area contributed by atoms with E-state index in [1.54, 1.807) is 17.0 Å². The molecule has 21 heavy (non-hydrogen) atoms. The molecule has 0 spiro atoms. The third kappa shape index (κ3) is 3.46. The fourth-order valence-electron chi connectivity index (χ4n) is 2.99. The summed E-state index contributed by atoms with van der Waals surface area (Å²) in [7, 11) is 0. The largest absolute Gasteiger partial charge is 0.352 e. The summed E-state index contributed by atoms with van der Waals surface area (Å²) in [5, 5.41) is 3.67. The first-order chi connectivity index (χ1) is 10.1. The second-order valence-electron chi connectivity index (χ2n) is 6.67. The van der Waals surface area contributed by atoms with Crippen LogP contribution in [0.25, 0.3) is 0 Å². The standard InChI is InChI=1S/C16H26N4O/c1-12(2)20-10-7-17-15(16(20)21)19-8-5-14(6-9-19)18-11-13-3-4-13/h7,10,12-14,18H,3-6,8-9,11H2,1-2H3. The molecule has 2 aliphatic rings. The lowest BCUT2D eigenvalue weighted by Gasteiger charge is -2.33. The second-order valence-corrected chi connectivity index (χ2v) is 6.67. The van der Waals surface area contributed by atoms with Gasteiger partial charge in [-0.2, -0.15) is 0 Å². The quantitative estimate of drug-likeness (QED) is 0.898. The summed E-state index contributed by atoms with van der Waals surface area (Å²) in [6.07, 6.45) is 8.52. The van der Waals surface area contributed by atoms with E-state index in [4.69, 9.17) is 0 Å². The number of hydrogen-bond acceptors (Lipinski definition) is 4. The van der Waals surface area contributed by atoms with E-state index in [9.17, 15) is 4.79 Å². The van der Waals surface area contributed by atoms with Gasteiger partial charge in [0, 0.05) is 37.6 Å². The maximum Gasteiger partial charge on any atom is 0.293 e. The van der Waals surface area contributed by atoms with Crippen LogP contribution in [0.3, 0.4) is 0 Å². The maximum atomic E-state index is 12.5. The van der Waals surface area contributed by atoms with Crippen LogP contribution in [0.5, 0.6) is 0 Å². The second kappa shape index (κ2) is 6.18. The van der Waals surface area contributed by atoms with Crippen LogP contribution in [0.2, 0.25) is 0 Å². The molecule has 0 radical (unpaired) electrons. The average molecular weight is 290 g/mol. The minimum absolute atomic E-state index is 0.0388. The first-order valence-corrected chi connectivity index (χ1v) is 8.20. The van der Waals surface area contributed by atoms with Gasteiger partial charge in [-0.25, -0.2) is 4.98 Å². The molecule has 5 nitrogen and oxygen atoms in total. The van der Waals surface area contributed by atoms with Gasteiger partial charge in [0.15, 0.2) is 5.82 Å². The molecule has 2 fully saturated rings. The molecule has 2 heterocycles. The molecular formula is C16H26N4O. The Labute approximate surface area is 126 Å². The summed E-state index contributed by atoms with van der Waals surface area (Å²) in [6.45, 7) is 7.08. The van der Waals surface area contributed by atoms with Gasteiger partial charge in [0.25, 0.3) is 5.56 Å². The molecule has 116 valence electrons. The normalized spacial score (nSPS) is 20.2. The Kier molecular flexibility index (Phi) is 4.29. The topological polar surface area (TPSA) is 50.2 Å². The summed E-state index contributed by atoms with van der Waals surface area (Å²) < 4.78 is 1.76. The van der Waals surface area contributed by atoms with Crippen molar-refractivity contribution < 1.29 is 0 Å². The Morgan fingerprint density at radius 3 is 2.62 bits per heavy atom. The van der Waals surface area contributed by atoms with E-state index >= 15 is 0 Å². The van der Waals surface area contributed by atoms with Crippen molar-refractivity contribution in [3.05, 3.63) is 22.7 Å². The van der Waals surface area contributed by atoms with Gasteiger partial charge in [0.2, 0.25) is 0 Å². The van der Waals surface area contributed by atoms with Crippen LogP contribution in [0.15, 0.2) is 17.2 Å². The molecule has 0 atom stereocenters. The number of piperidine rings is 1. The lowest BCUT2D eigenvalue weighted by Crippen LogP contribution is -2.45. The zero-order valence-electron chi connectivity index (χ0n) is 13.1. The summed E-state index contributed by atoms with van der Waals surface area (Å²) in [5.41, 5.74) is 0.0388. The number of rotatable bonds is 5. The van der Waals surface area contributed by atoms with Crippen LogP contribution in [-0.4, -0.2) is 35.2 Å². The Bertz CT molecular complexity index is 527. The van der Waals surface area contributed by atoms with Crippen molar-refractivity contribution >= 4 is 5.82 Å². The van der Waals surface area contributed by atoms with Crippen molar-refractivity contribution in [2.45, 2.75) is 51.6 Å². The minimum Gasteiger partial charge on any atom is -0.352 e. The zero-order valence-corrected chi connectivity index (χ0v) is 13.1. The highest BCUT2D eigenvalue weighted by Gasteiger charge is 2.25. The number of nitrogens with one attached hydrogen (secondary N) is 1. The smallest absolute Gasteiger partial charge is 0.293 e. The van der Waals surface area contributed by atoms with Crippen LogP contribution >= 0.6 is 0 Å². The van der Waals surface area contributed by atoms with Gasteiger partial charge in [-0.1, -0.05) is 0 Å². The van der Waals surface area contributed by atoms with E-state index < -0.39 is 0 Å². The third-order valence-corrected chi connectivity index (χ3v) is 4.59. The maximum absolute atomic E-state index is 12.5. The molecule has 1 saturated carbocycles. The van der Waals surface area contributed by atoms with Crippen molar-refractivity contribution in [1.82, 2.24) is 14.9 Å². The van der Waals surface area contributed by atoms with Crippen LogP contribution in [0.1, 0.15) is 45.6 Å². The van der Waals surface area contributed by atoms with Gasteiger partial charge < -0.3 is 14.8 Å². The first kappa shape index (κ1) is 14.6.